The van der Waals surface area contributed by atoms with Gasteiger partial charge in [-0.05, 0) is 40.8 Å². The summed E-state index contributed by atoms with van der Waals surface area (Å²) < 4.78 is 0.984. The van der Waals surface area contributed by atoms with Gasteiger partial charge in [-0.25, -0.2) is 4.98 Å². The van der Waals surface area contributed by atoms with Crippen LogP contribution >= 0.6 is 45.8 Å². The first-order chi connectivity index (χ1) is 7.59. The van der Waals surface area contributed by atoms with E-state index in [4.69, 9.17) is 28.9 Å². The van der Waals surface area contributed by atoms with E-state index < -0.39 is 0 Å². The minimum absolute atomic E-state index is 0.426. The second-order valence-corrected chi connectivity index (χ2v) is 5.24. The van der Waals surface area contributed by atoms with Gasteiger partial charge in [0.1, 0.15) is 5.82 Å². The average molecular weight is 365 g/mol. The summed E-state index contributed by atoms with van der Waals surface area (Å²) in [4.78, 5) is 4.09. The Hall–Kier alpha value is -0.520. The molecule has 16 heavy (non-hydrogen) atoms. The molecule has 0 saturated carbocycles. The first-order valence-corrected chi connectivity index (χ1v) is 6.28. The number of pyridine rings is 1. The van der Waals surface area contributed by atoms with E-state index in [1.807, 2.05) is 6.07 Å². The Labute approximate surface area is 117 Å². The van der Waals surface area contributed by atoms with Crippen molar-refractivity contribution in [1.82, 2.24) is 4.98 Å². The largest absolute Gasteiger partial charge is 0.383 e. The van der Waals surface area contributed by atoms with Gasteiger partial charge >= 0.3 is 0 Å². The van der Waals surface area contributed by atoms with E-state index in [2.05, 4.69) is 27.6 Å². The lowest BCUT2D eigenvalue weighted by Crippen LogP contribution is -1.95. The van der Waals surface area contributed by atoms with Gasteiger partial charge in [-0.15, -0.1) is 0 Å². The number of anilines is 1. The molecule has 0 fully saturated rings. The molecule has 0 unspecified atom stereocenters. The van der Waals surface area contributed by atoms with Crippen molar-refractivity contribution in [2.24, 2.45) is 0 Å². The number of benzene rings is 1. The van der Waals surface area contributed by atoms with Crippen molar-refractivity contribution in [3.8, 4) is 11.1 Å². The van der Waals surface area contributed by atoms with Crippen LogP contribution in [-0.2, 0) is 0 Å². The van der Waals surface area contributed by atoms with Gasteiger partial charge in [-0.3, -0.25) is 0 Å². The number of nitrogens with zero attached hydrogens (tertiary/aromatic N) is 1. The minimum Gasteiger partial charge on any atom is -0.383 e. The molecule has 1 heterocycles. The lowest BCUT2D eigenvalue weighted by atomic mass is 10.1. The Morgan fingerprint density at radius 1 is 1.19 bits per heavy atom. The highest BCUT2D eigenvalue weighted by Gasteiger charge is 2.12. The van der Waals surface area contributed by atoms with Crippen molar-refractivity contribution in [2.75, 3.05) is 5.73 Å². The van der Waals surface area contributed by atoms with Crippen LogP contribution in [0, 0.1) is 3.57 Å². The van der Waals surface area contributed by atoms with E-state index in [1.54, 1.807) is 24.4 Å². The first-order valence-electron chi connectivity index (χ1n) is 4.45. The summed E-state index contributed by atoms with van der Waals surface area (Å²) in [5, 5.41) is 1.14. The zero-order valence-electron chi connectivity index (χ0n) is 8.05. The Bertz CT molecular complexity index is 523. The summed E-state index contributed by atoms with van der Waals surface area (Å²) in [6, 6.07) is 7.27. The smallest absolute Gasteiger partial charge is 0.131 e. The molecule has 82 valence electrons. The molecule has 0 amide bonds. The summed E-state index contributed by atoms with van der Waals surface area (Å²) in [7, 11) is 0. The first kappa shape index (κ1) is 12.0. The lowest BCUT2D eigenvalue weighted by molar-refractivity contribution is 1.32. The third kappa shape index (κ3) is 2.26. The number of rotatable bonds is 1. The number of halogens is 3. The molecule has 0 bridgehead atoms. The molecule has 0 radical (unpaired) electrons. The second-order valence-electron chi connectivity index (χ2n) is 3.18. The molecule has 0 aliphatic heterocycles. The van der Waals surface area contributed by atoms with Crippen LogP contribution in [0.2, 0.25) is 10.0 Å². The zero-order chi connectivity index (χ0) is 11.7. The molecule has 0 aliphatic rings. The van der Waals surface area contributed by atoms with Gasteiger partial charge in [0.2, 0.25) is 0 Å². The fourth-order valence-electron chi connectivity index (χ4n) is 1.41. The molecule has 0 aliphatic carbocycles. The third-order valence-corrected chi connectivity index (χ3v) is 3.34. The molecule has 5 heteroatoms. The van der Waals surface area contributed by atoms with Crippen molar-refractivity contribution in [1.29, 1.82) is 0 Å². The van der Waals surface area contributed by atoms with Crippen LogP contribution in [0.25, 0.3) is 11.1 Å². The molecule has 0 atom stereocenters. The van der Waals surface area contributed by atoms with Crippen LogP contribution in [0.1, 0.15) is 0 Å². The van der Waals surface area contributed by atoms with Crippen molar-refractivity contribution < 1.29 is 0 Å². The van der Waals surface area contributed by atoms with Crippen LogP contribution in [0.3, 0.4) is 0 Å². The fourth-order valence-corrected chi connectivity index (χ4v) is 2.46. The van der Waals surface area contributed by atoms with Gasteiger partial charge in [0.25, 0.3) is 0 Å². The standard InChI is InChI=1S/C11H7Cl2IN2/c12-8-2-1-3-9(13)10(8)7-4-6(14)5-16-11(7)15/h1-5H,(H2,15,16). The summed E-state index contributed by atoms with van der Waals surface area (Å²) in [5.41, 5.74) is 7.32. The maximum absolute atomic E-state index is 6.12. The minimum atomic E-state index is 0.426. The summed E-state index contributed by atoms with van der Waals surface area (Å²) >= 11 is 14.4. The third-order valence-electron chi connectivity index (χ3n) is 2.12. The molecule has 1 aromatic heterocycles. The molecule has 0 saturated heterocycles. The van der Waals surface area contributed by atoms with Crippen LogP contribution in [0.15, 0.2) is 30.5 Å². The number of aromatic nitrogens is 1. The van der Waals surface area contributed by atoms with E-state index in [-0.39, 0.29) is 0 Å². The van der Waals surface area contributed by atoms with E-state index in [9.17, 15) is 0 Å². The van der Waals surface area contributed by atoms with Gasteiger partial charge < -0.3 is 5.73 Å². The van der Waals surface area contributed by atoms with E-state index in [0.717, 1.165) is 14.7 Å². The maximum atomic E-state index is 6.12. The number of hydrogen-bond acceptors (Lipinski definition) is 2. The molecule has 2 N–H and O–H groups in total. The highest BCUT2D eigenvalue weighted by atomic mass is 127. The lowest BCUT2D eigenvalue weighted by Gasteiger charge is -2.09. The van der Waals surface area contributed by atoms with E-state index >= 15 is 0 Å². The molecular weight excluding hydrogens is 358 g/mol. The predicted octanol–water partition coefficient (Wildman–Crippen LogP) is 4.24. The monoisotopic (exact) mass is 364 g/mol. The van der Waals surface area contributed by atoms with Gasteiger partial charge in [0.15, 0.2) is 0 Å². The van der Waals surface area contributed by atoms with Gasteiger partial charge in [-0.2, -0.15) is 0 Å². The van der Waals surface area contributed by atoms with Crippen molar-refractivity contribution in [3.63, 3.8) is 0 Å². The van der Waals surface area contributed by atoms with Crippen LogP contribution < -0.4 is 5.73 Å². The fraction of sp³-hybridized carbons (Fsp3) is 0. The highest BCUT2D eigenvalue weighted by molar-refractivity contribution is 14.1. The summed E-state index contributed by atoms with van der Waals surface area (Å²) in [6.45, 7) is 0. The molecular formula is C11H7Cl2IN2. The summed E-state index contributed by atoms with van der Waals surface area (Å²) in [5.74, 6) is 0.426. The van der Waals surface area contributed by atoms with Crippen LogP contribution in [-0.4, -0.2) is 4.98 Å². The Kier molecular flexibility index (Phi) is 3.56. The quantitative estimate of drug-likeness (QED) is 0.768. The summed E-state index contributed by atoms with van der Waals surface area (Å²) in [6.07, 6.45) is 1.70. The van der Waals surface area contributed by atoms with Crippen molar-refractivity contribution in [2.45, 2.75) is 0 Å². The maximum Gasteiger partial charge on any atom is 0.131 e. The molecule has 0 spiro atoms. The number of nitrogen functional groups attached to an aromatic ring is 1. The second kappa shape index (κ2) is 4.77. The van der Waals surface area contributed by atoms with E-state index in [0.29, 0.717) is 15.9 Å². The van der Waals surface area contributed by atoms with Crippen molar-refractivity contribution >= 4 is 51.6 Å². The van der Waals surface area contributed by atoms with Crippen LogP contribution in [0.4, 0.5) is 5.82 Å². The normalized spacial score (nSPS) is 10.4. The van der Waals surface area contributed by atoms with Crippen LogP contribution in [0.5, 0.6) is 0 Å². The van der Waals surface area contributed by atoms with Crippen molar-refractivity contribution in [3.05, 3.63) is 44.1 Å². The predicted molar refractivity (Wildman–Crippen MR) is 76.8 cm³/mol. The molecule has 2 nitrogen and oxygen atoms in total. The molecule has 2 aromatic rings. The zero-order valence-corrected chi connectivity index (χ0v) is 11.7. The highest BCUT2D eigenvalue weighted by Crippen LogP contribution is 2.37. The topological polar surface area (TPSA) is 38.9 Å². The molecule has 2 rings (SSSR count). The van der Waals surface area contributed by atoms with Gasteiger partial charge in [-0.1, -0.05) is 29.3 Å². The number of nitrogens with two attached hydrogens (primary N) is 1. The Balaban J connectivity index is 2.72. The van der Waals surface area contributed by atoms with Gasteiger partial charge in [0.05, 0.1) is 10.0 Å². The Morgan fingerprint density at radius 2 is 1.81 bits per heavy atom. The SMILES string of the molecule is Nc1ncc(I)cc1-c1c(Cl)cccc1Cl. The average Bonchev–Trinajstić information content (AvgIpc) is 2.23. The number of hydrogen-bond donors (Lipinski definition) is 1. The van der Waals surface area contributed by atoms with E-state index in [1.165, 1.54) is 0 Å². The molecule has 1 aromatic carbocycles. The van der Waals surface area contributed by atoms with Gasteiger partial charge in [0, 0.05) is 20.9 Å². The Morgan fingerprint density at radius 3 is 2.44 bits per heavy atom.